The van der Waals surface area contributed by atoms with Gasteiger partial charge in [0, 0.05) is 21.3 Å². The smallest absolute Gasteiger partial charge is 0.111 e. The van der Waals surface area contributed by atoms with Gasteiger partial charge in [-0.1, -0.05) is 23.6 Å². The highest BCUT2D eigenvalue weighted by molar-refractivity contribution is 9.10. The first-order valence-electron chi connectivity index (χ1n) is 5.21. The first-order chi connectivity index (χ1) is 8.79. The van der Waals surface area contributed by atoms with Gasteiger partial charge in [-0.2, -0.15) is 0 Å². The zero-order valence-electron chi connectivity index (χ0n) is 9.39. The normalized spacial score (nSPS) is 9.89. The SMILES string of the molecule is OCC#Cc1ccc(CSc2ncccc2Br)s1. The van der Waals surface area contributed by atoms with Crippen LogP contribution >= 0.6 is 39.0 Å². The van der Waals surface area contributed by atoms with Crippen molar-refractivity contribution < 1.29 is 5.11 Å². The standard InChI is InChI=1S/C13H10BrNOS2/c14-12-4-1-7-15-13(12)17-9-11-6-5-10(18-11)3-2-8-16/h1,4-7,16H,8-9H2. The van der Waals surface area contributed by atoms with E-state index in [0.717, 1.165) is 20.1 Å². The molecule has 0 unspecified atom stereocenters. The Morgan fingerprint density at radius 1 is 1.39 bits per heavy atom. The van der Waals surface area contributed by atoms with Crippen molar-refractivity contribution in [3.05, 3.63) is 44.7 Å². The maximum Gasteiger partial charge on any atom is 0.111 e. The van der Waals surface area contributed by atoms with Crippen LogP contribution in [0.25, 0.3) is 0 Å². The van der Waals surface area contributed by atoms with E-state index in [2.05, 4.69) is 38.8 Å². The Morgan fingerprint density at radius 3 is 3.06 bits per heavy atom. The molecule has 0 amide bonds. The van der Waals surface area contributed by atoms with Crippen LogP contribution < -0.4 is 0 Å². The third kappa shape index (κ3) is 3.85. The summed E-state index contributed by atoms with van der Waals surface area (Å²) in [7, 11) is 0. The number of hydrogen-bond acceptors (Lipinski definition) is 4. The second-order valence-electron chi connectivity index (χ2n) is 3.30. The van der Waals surface area contributed by atoms with Crippen LogP contribution in [0.1, 0.15) is 9.75 Å². The molecule has 2 nitrogen and oxygen atoms in total. The molecule has 1 N–H and O–H groups in total. The predicted molar refractivity (Wildman–Crippen MR) is 79.8 cm³/mol. The van der Waals surface area contributed by atoms with Crippen molar-refractivity contribution in [3.8, 4) is 11.8 Å². The molecule has 0 aliphatic rings. The molecule has 2 heterocycles. The number of aliphatic hydroxyl groups excluding tert-OH is 1. The molecule has 0 aromatic carbocycles. The van der Waals surface area contributed by atoms with Gasteiger partial charge in [-0.05, 0) is 40.2 Å². The molecule has 2 aromatic rings. The number of aliphatic hydroxyl groups is 1. The minimum absolute atomic E-state index is 0.0944. The summed E-state index contributed by atoms with van der Waals surface area (Å²) in [5, 5.41) is 9.62. The molecule has 0 saturated carbocycles. The maximum absolute atomic E-state index is 8.63. The Balaban J connectivity index is 1.98. The number of hydrogen-bond donors (Lipinski definition) is 1. The summed E-state index contributed by atoms with van der Waals surface area (Å²) in [5.41, 5.74) is 0. The zero-order chi connectivity index (χ0) is 12.8. The summed E-state index contributed by atoms with van der Waals surface area (Å²) < 4.78 is 1.02. The lowest BCUT2D eigenvalue weighted by molar-refractivity contribution is 0.350. The van der Waals surface area contributed by atoms with E-state index in [1.165, 1.54) is 4.88 Å². The number of halogens is 1. The largest absolute Gasteiger partial charge is 0.384 e. The topological polar surface area (TPSA) is 33.1 Å². The molecule has 0 spiro atoms. The highest BCUT2D eigenvalue weighted by Gasteiger charge is 2.03. The second kappa shape index (κ2) is 6.95. The number of aromatic nitrogens is 1. The van der Waals surface area contributed by atoms with E-state index >= 15 is 0 Å². The molecule has 0 atom stereocenters. The monoisotopic (exact) mass is 339 g/mol. The first kappa shape index (κ1) is 13.6. The Hall–Kier alpha value is -0.800. The fraction of sp³-hybridized carbons (Fsp3) is 0.154. The van der Waals surface area contributed by atoms with Crippen LogP contribution in [0.2, 0.25) is 0 Å². The van der Waals surface area contributed by atoms with Crippen LogP contribution in [0.5, 0.6) is 0 Å². The van der Waals surface area contributed by atoms with E-state index in [0.29, 0.717) is 0 Å². The molecule has 5 heteroatoms. The molecule has 0 radical (unpaired) electrons. The molecule has 2 rings (SSSR count). The van der Waals surface area contributed by atoms with Crippen LogP contribution in [0.4, 0.5) is 0 Å². The molecule has 92 valence electrons. The molecule has 0 aliphatic carbocycles. The van der Waals surface area contributed by atoms with E-state index < -0.39 is 0 Å². The number of thioether (sulfide) groups is 1. The Labute approximate surface area is 123 Å². The van der Waals surface area contributed by atoms with Crippen LogP contribution in [0.15, 0.2) is 40.0 Å². The molecular formula is C13H10BrNOS2. The van der Waals surface area contributed by atoms with Gasteiger partial charge in [-0.3, -0.25) is 0 Å². The van der Waals surface area contributed by atoms with Crippen molar-refractivity contribution in [1.82, 2.24) is 4.98 Å². The fourth-order valence-electron chi connectivity index (χ4n) is 1.27. The fourth-order valence-corrected chi connectivity index (χ4v) is 3.67. The van der Waals surface area contributed by atoms with Crippen molar-refractivity contribution in [2.45, 2.75) is 10.8 Å². The average Bonchev–Trinajstić information content (AvgIpc) is 2.83. The molecule has 0 aliphatic heterocycles. The Kier molecular flexibility index (Phi) is 5.26. The molecule has 18 heavy (non-hydrogen) atoms. The molecule has 2 aromatic heterocycles. The van der Waals surface area contributed by atoms with E-state index in [1.54, 1.807) is 29.3 Å². The first-order valence-corrected chi connectivity index (χ1v) is 7.81. The van der Waals surface area contributed by atoms with Crippen molar-refractivity contribution >= 4 is 39.0 Å². The van der Waals surface area contributed by atoms with Crippen LogP contribution in [-0.4, -0.2) is 16.7 Å². The molecule has 0 fully saturated rings. The number of nitrogens with zero attached hydrogens (tertiary/aromatic N) is 1. The lowest BCUT2D eigenvalue weighted by Crippen LogP contribution is -1.81. The molecule has 0 saturated heterocycles. The summed E-state index contributed by atoms with van der Waals surface area (Å²) in [6, 6.07) is 7.94. The molecular weight excluding hydrogens is 330 g/mol. The highest BCUT2D eigenvalue weighted by atomic mass is 79.9. The quantitative estimate of drug-likeness (QED) is 0.685. The van der Waals surface area contributed by atoms with Crippen molar-refractivity contribution in [1.29, 1.82) is 0 Å². The summed E-state index contributed by atoms with van der Waals surface area (Å²) in [6.45, 7) is -0.0944. The lowest BCUT2D eigenvalue weighted by atomic mass is 10.4. The van der Waals surface area contributed by atoms with Gasteiger partial charge in [0.15, 0.2) is 0 Å². The van der Waals surface area contributed by atoms with Gasteiger partial charge in [0.25, 0.3) is 0 Å². The van der Waals surface area contributed by atoms with Gasteiger partial charge < -0.3 is 5.11 Å². The van der Waals surface area contributed by atoms with Crippen molar-refractivity contribution in [3.63, 3.8) is 0 Å². The van der Waals surface area contributed by atoms with Crippen molar-refractivity contribution in [2.24, 2.45) is 0 Å². The summed E-state index contributed by atoms with van der Waals surface area (Å²) in [4.78, 5) is 6.55. The summed E-state index contributed by atoms with van der Waals surface area (Å²) in [5.74, 6) is 6.43. The zero-order valence-corrected chi connectivity index (χ0v) is 12.6. The predicted octanol–water partition coefficient (Wildman–Crippen LogP) is 3.54. The van der Waals surface area contributed by atoms with Gasteiger partial charge in [0.1, 0.15) is 11.6 Å². The third-order valence-electron chi connectivity index (χ3n) is 2.03. The summed E-state index contributed by atoms with van der Waals surface area (Å²) in [6.07, 6.45) is 1.79. The minimum atomic E-state index is -0.0944. The van der Waals surface area contributed by atoms with E-state index in [-0.39, 0.29) is 6.61 Å². The van der Waals surface area contributed by atoms with Gasteiger partial charge >= 0.3 is 0 Å². The third-order valence-corrected chi connectivity index (χ3v) is 5.17. The maximum atomic E-state index is 8.63. The molecule has 0 bridgehead atoms. The summed E-state index contributed by atoms with van der Waals surface area (Å²) >= 11 is 6.82. The van der Waals surface area contributed by atoms with Crippen molar-refractivity contribution in [2.75, 3.05) is 6.61 Å². The number of rotatable bonds is 3. The lowest BCUT2D eigenvalue weighted by Gasteiger charge is -2.00. The van der Waals surface area contributed by atoms with E-state index in [4.69, 9.17) is 5.11 Å². The van der Waals surface area contributed by atoms with Gasteiger partial charge in [-0.25, -0.2) is 4.98 Å². The van der Waals surface area contributed by atoms with Crippen LogP contribution in [0, 0.1) is 11.8 Å². The minimum Gasteiger partial charge on any atom is -0.384 e. The Morgan fingerprint density at radius 2 is 2.28 bits per heavy atom. The van der Waals surface area contributed by atoms with Crippen LogP contribution in [-0.2, 0) is 5.75 Å². The van der Waals surface area contributed by atoms with Gasteiger partial charge in [0.05, 0.1) is 4.88 Å². The average molecular weight is 340 g/mol. The van der Waals surface area contributed by atoms with Crippen LogP contribution in [0.3, 0.4) is 0 Å². The van der Waals surface area contributed by atoms with Gasteiger partial charge in [0.2, 0.25) is 0 Å². The van der Waals surface area contributed by atoms with E-state index in [9.17, 15) is 0 Å². The van der Waals surface area contributed by atoms with E-state index in [1.807, 2.05) is 18.2 Å². The number of thiophene rings is 1. The highest BCUT2D eigenvalue weighted by Crippen LogP contribution is 2.29. The Bertz CT molecular complexity index is 586. The second-order valence-corrected chi connectivity index (χ2v) is 6.29. The number of pyridine rings is 1. The van der Waals surface area contributed by atoms with Gasteiger partial charge in [-0.15, -0.1) is 11.3 Å².